The minimum Gasteiger partial charge on any atom is -0.385 e. The predicted molar refractivity (Wildman–Crippen MR) is 56.8 cm³/mol. The first-order chi connectivity index (χ1) is 6.04. The van der Waals surface area contributed by atoms with E-state index in [0.29, 0.717) is 10.9 Å². The quantitative estimate of drug-likeness (QED) is 0.822. The van der Waals surface area contributed by atoms with Crippen molar-refractivity contribution in [3.63, 3.8) is 0 Å². The van der Waals surface area contributed by atoms with Crippen LogP contribution in [0.1, 0.15) is 18.9 Å². The molecule has 0 bridgehead atoms. The molecule has 1 aliphatic carbocycles. The van der Waals surface area contributed by atoms with Crippen molar-refractivity contribution < 1.29 is 5.11 Å². The number of hydrogen-bond donors (Lipinski definition) is 1. The molecule has 0 aliphatic heterocycles. The topological polar surface area (TPSA) is 20.2 Å². The van der Waals surface area contributed by atoms with Crippen LogP contribution in [0.3, 0.4) is 0 Å². The molecule has 70 valence electrons. The van der Waals surface area contributed by atoms with Gasteiger partial charge in [-0.3, -0.25) is 0 Å². The second-order valence-electron chi connectivity index (χ2n) is 3.65. The average Bonchev–Trinajstić information content (AvgIpc) is 2.66. The molecule has 0 amide bonds. The summed E-state index contributed by atoms with van der Waals surface area (Å²) in [5.41, 5.74) is 0.164. The summed E-state index contributed by atoms with van der Waals surface area (Å²) in [6, 6.07) is 5.58. The molecular formula is C10H10BrClO. The van der Waals surface area contributed by atoms with Gasteiger partial charge < -0.3 is 5.11 Å². The average molecular weight is 262 g/mol. The van der Waals surface area contributed by atoms with Crippen molar-refractivity contribution in [3.8, 4) is 0 Å². The van der Waals surface area contributed by atoms with E-state index in [1.165, 1.54) is 0 Å². The number of aliphatic hydroxyl groups is 1. The molecule has 2 unspecified atom stereocenters. The van der Waals surface area contributed by atoms with E-state index < -0.39 is 5.60 Å². The highest BCUT2D eigenvalue weighted by atomic mass is 79.9. The van der Waals surface area contributed by atoms with Gasteiger partial charge in [-0.25, -0.2) is 0 Å². The van der Waals surface area contributed by atoms with Crippen molar-refractivity contribution in [2.24, 2.45) is 5.92 Å². The molecule has 13 heavy (non-hydrogen) atoms. The van der Waals surface area contributed by atoms with Gasteiger partial charge in [0, 0.05) is 15.1 Å². The normalized spacial score (nSPS) is 31.8. The third-order valence-electron chi connectivity index (χ3n) is 2.67. The Hall–Kier alpha value is -0.0500. The Bertz CT molecular complexity index is 353. The molecule has 0 heterocycles. The van der Waals surface area contributed by atoms with Crippen LogP contribution in [0.5, 0.6) is 0 Å². The third kappa shape index (κ3) is 1.51. The Labute approximate surface area is 90.9 Å². The molecule has 1 aromatic carbocycles. The zero-order valence-electron chi connectivity index (χ0n) is 7.22. The van der Waals surface area contributed by atoms with Crippen molar-refractivity contribution >= 4 is 27.5 Å². The van der Waals surface area contributed by atoms with E-state index in [2.05, 4.69) is 15.9 Å². The van der Waals surface area contributed by atoms with Crippen molar-refractivity contribution in [2.75, 3.05) is 0 Å². The second kappa shape index (κ2) is 2.97. The van der Waals surface area contributed by atoms with Crippen LogP contribution in [-0.2, 0) is 5.60 Å². The molecule has 0 saturated heterocycles. The molecule has 1 N–H and O–H groups in total. The van der Waals surface area contributed by atoms with Gasteiger partial charge in [0.25, 0.3) is 0 Å². The van der Waals surface area contributed by atoms with E-state index in [4.69, 9.17) is 11.6 Å². The van der Waals surface area contributed by atoms with Crippen molar-refractivity contribution in [1.82, 2.24) is 0 Å². The Kier molecular flexibility index (Phi) is 2.17. The Balaban J connectivity index is 2.46. The molecule has 1 saturated carbocycles. The van der Waals surface area contributed by atoms with E-state index >= 15 is 0 Å². The molecule has 0 radical (unpaired) electrons. The fourth-order valence-electron chi connectivity index (χ4n) is 1.61. The van der Waals surface area contributed by atoms with Crippen LogP contribution in [0.25, 0.3) is 0 Å². The van der Waals surface area contributed by atoms with E-state index in [9.17, 15) is 5.11 Å². The summed E-state index contributed by atoms with van der Waals surface area (Å²) in [4.78, 5) is 0. The molecule has 3 heteroatoms. The van der Waals surface area contributed by atoms with Crippen molar-refractivity contribution in [2.45, 2.75) is 18.9 Å². The number of benzene rings is 1. The molecule has 2 atom stereocenters. The number of rotatable bonds is 1. The Morgan fingerprint density at radius 3 is 2.77 bits per heavy atom. The standard InChI is InChI=1S/C10H10BrClO/c1-6-5-10(6,13)8-4-7(11)2-3-9(8)12/h2-4,6,13H,5H2,1H3. The van der Waals surface area contributed by atoms with Crippen LogP contribution in [-0.4, -0.2) is 5.11 Å². The smallest absolute Gasteiger partial charge is 0.0941 e. The third-order valence-corrected chi connectivity index (χ3v) is 3.49. The lowest BCUT2D eigenvalue weighted by Gasteiger charge is -2.11. The van der Waals surface area contributed by atoms with E-state index in [1.54, 1.807) is 0 Å². The maximum Gasteiger partial charge on any atom is 0.0941 e. The number of hydrogen-bond acceptors (Lipinski definition) is 1. The zero-order chi connectivity index (χ0) is 9.64. The van der Waals surface area contributed by atoms with Gasteiger partial charge in [0.2, 0.25) is 0 Å². The SMILES string of the molecule is CC1CC1(O)c1cc(Br)ccc1Cl. The molecular weight excluding hydrogens is 251 g/mol. The summed E-state index contributed by atoms with van der Waals surface area (Å²) in [5.74, 6) is 0.319. The van der Waals surface area contributed by atoms with Gasteiger partial charge in [-0.05, 0) is 30.5 Å². The van der Waals surface area contributed by atoms with Crippen LogP contribution in [0.15, 0.2) is 22.7 Å². The van der Waals surface area contributed by atoms with Gasteiger partial charge >= 0.3 is 0 Å². The van der Waals surface area contributed by atoms with Crippen molar-refractivity contribution in [3.05, 3.63) is 33.3 Å². The molecule has 0 aromatic heterocycles. The second-order valence-corrected chi connectivity index (χ2v) is 4.98. The van der Waals surface area contributed by atoms with E-state index in [-0.39, 0.29) is 0 Å². The van der Waals surface area contributed by atoms with Gasteiger partial charge in [-0.15, -0.1) is 0 Å². The van der Waals surface area contributed by atoms with Crippen LogP contribution >= 0.6 is 27.5 Å². The van der Waals surface area contributed by atoms with E-state index in [0.717, 1.165) is 16.5 Å². The molecule has 1 fully saturated rings. The molecule has 1 aromatic rings. The monoisotopic (exact) mass is 260 g/mol. The van der Waals surface area contributed by atoms with Crippen LogP contribution in [0, 0.1) is 5.92 Å². The maximum atomic E-state index is 10.1. The van der Waals surface area contributed by atoms with Crippen molar-refractivity contribution in [1.29, 1.82) is 0 Å². The number of halogens is 2. The highest BCUT2D eigenvalue weighted by Gasteiger charge is 2.52. The van der Waals surface area contributed by atoms with Crippen LogP contribution in [0.2, 0.25) is 5.02 Å². The molecule has 1 nitrogen and oxygen atoms in total. The highest BCUT2D eigenvalue weighted by molar-refractivity contribution is 9.10. The lowest BCUT2D eigenvalue weighted by Crippen LogP contribution is -2.08. The lowest BCUT2D eigenvalue weighted by atomic mass is 10.1. The first-order valence-corrected chi connectivity index (χ1v) is 5.39. The fourth-order valence-corrected chi connectivity index (χ4v) is 2.25. The van der Waals surface area contributed by atoms with Gasteiger partial charge in [0.1, 0.15) is 0 Å². The Morgan fingerprint density at radius 2 is 2.23 bits per heavy atom. The summed E-state index contributed by atoms with van der Waals surface area (Å²) in [7, 11) is 0. The first-order valence-electron chi connectivity index (χ1n) is 4.22. The predicted octanol–water partition coefficient (Wildman–Crippen LogP) is 3.33. The summed E-state index contributed by atoms with van der Waals surface area (Å²) in [6.45, 7) is 2.03. The summed E-state index contributed by atoms with van der Waals surface area (Å²) in [6.07, 6.45) is 0.809. The molecule has 1 aliphatic rings. The van der Waals surface area contributed by atoms with Gasteiger partial charge in [0.05, 0.1) is 5.60 Å². The first kappa shape index (κ1) is 9.50. The van der Waals surface area contributed by atoms with E-state index in [1.807, 2.05) is 25.1 Å². The largest absolute Gasteiger partial charge is 0.385 e. The molecule has 2 rings (SSSR count). The summed E-state index contributed by atoms with van der Waals surface area (Å²) >= 11 is 9.37. The Morgan fingerprint density at radius 1 is 1.62 bits per heavy atom. The van der Waals surface area contributed by atoms with Crippen LogP contribution < -0.4 is 0 Å². The zero-order valence-corrected chi connectivity index (χ0v) is 9.56. The minimum atomic E-state index is -0.680. The highest BCUT2D eigenvalue weighted by Crippen LogP contribution is 2.53. The van der Waals surface area contributed by atoms with Crippen LogP contribution in [0.4, 0.5) is 0 Å². The van der Waals surface area contributed by atoms with Gasteiger partial charge in [0.15, 0.2) is 0 Å². The summed E-state index contributed by atoms with van der Waals surface area (Å²) < 4.78 is 0.958. The summed E-state index contributed by atoms with van der Waals surface area (Å²) in [5, 5.41) is 10.7. The minimum absolute atomic E-state index is 0.319. The van der Waals surface area contributed by atoms with Gasteiger partial charge in [-0.2, -0.15) is 0 Å². The fraction of sp³-hybridized carbons (Fsp3) is 0.400. The lowest BCUT2D eigenvalue weighted by molar-refractivity contribution is 0.135. The molecule has 0 spiro atoms. The van der Waals surface area contributed by atoms with Gasteiger partial charge in [-0.1, -0.05) is 34.5 Å². The maximum absolute atomic E-state index is 10.1.